The van der Waals surface area contributed by atoms with E-state index in [0.29, 0.717) is 6.61 Å². The van der Waals surface area contributed by atoms with Gasteiger partial charge in [0, 0.05) is 16.1 Å². The Bertz CT molecular complexity index is 553. The van der Waals surface area contributed by atoms with E-state index in [1.165, 1.54) is 0 Å². The van der Waals surface area contributed by atoms with Crippen molar-refractivity contribution in [2.75, 3.05) is 12.4 Å². The topological polar surface area (TPSA) is 43.4 Å². The third kappa shape index (κ3) is 4.64. The lowest BCUT2D eigenvalue weighted by molar-refractivity contribution is 0.118. The van der Waals surface area contributed by atoms with E-state index in [9.17, 15) is 8.42 Å². The zero-order chi connectivity index (χ0) is 14.6. The van der Waals surface area contributed by atoms with Crippen LogP contribution in [0.4, 0.5) is 0 Å². The van der Waals surface area contributed by atoms with Crippen LogP contribution in [0.2, 0.25) is 0 Å². The minimum Gasteiger partial charge on any atom is -0.492 e. The SMILES string of the molecule is O=S(=O)(Cl)CC1(COc2ccccc2Br)CCCCC1. The van der Waals surface area contributed by atoms with Crippen molar-refractivity contribution in [2.45, 2.75) is 32.1 Å². The third-order valence-electron chi connectivity index (χ3n) is 3.76. The van der Waals surface area contributed by atoms with Crippen LogP contribution < -0.4 is 4.74 Å². The molecular formula is C14H18BrClO3S. The fraction of sp³-hybridized carbons (Fsp3) is 0.571. The van der Waals surface area contributed by atoms with Gasteiger partial charge in [0.25, 0.3) is 0 Å². The van der Waals surface area contributed by atoms with Crippen LogP contribution >= 0.6 is 26.6 Å². The highest BCUT2D eigenvalue weighted by Crippen LogP contribution is 2.39. The second kappa shape index (κ2) is 6.67. The number of hydrogen-bond donors (Lipinski definition) is 0. The zero-order valence-corrected chi connectivity index (χ0v) is 14.3. The quantitative estimate of drug-likeness (QED) is 0.712. The van der Waals surface area contributed by atoms with Crippen molar-refractivity contribution < 1.29 is 13.2 Å². The number of rotatable bonds is 5. The highest BCUT2D eigenvalue weighted by molar-refractivity contribution is 9.10. The molecule has 1 aromatic rings. The standard InChI is InChI=1S/C14H18BrClO3S/c15-12-6-2-3-7-13(12)19-10-14(11-20(16,17)18)8-4-1-5-9-14/h2-3,6-7H,1,4-5,8-11H2. The lowest BCUT2D eigenvalue weighted by Gasteiger charge is -2.36. The highest BCUT2D eigenvalue weighted by Gasteiger charge is 2.37. The van der Waals surface area contributed by atoms with Crippen molar-refractivity contribution in [3.63, 3.8) is 0 Å². The Morgan fingerprint density at radius 3 is 2.45 bits per heavy atom. The Kier molecular flexibility index (Phi) is 5.37. The van der Waals surface area contributed by atoms with Crippen molar-refractivity contribution in [1.82, 2.24) is 0 Å². The first-order valence-corrected chi connectivity index (χ1v) is 9.97. The van der Waals surface area contributed by atoms with Gasteiger partial charge in [-0.15, -0.1) is 0 Å². The largest absolute Gasteiger partial charge is 0.492 e. The Morgan fingerprint density at radius 1 is 1.20 bits per heavy atom. The van der Waals surface area contributed by atoms with Crippen molar-refractivity contribution in [1.29, 1.82) is 0 Å². The minimum atomic E-state index is -3.52. The number of para-hydroxylation sites is 1. The summed E-state index contributed by atoms with van der Waals surface area (Å²) in [6.07, 6.45) is 4.92. The van der Waals surface area contributed by atoms with E-state index in [2.05, 4.69) is 15.9 Å². The molecule has 0 aliphatic heterocycles. The Balaban J connectivity index is 2.10. The van der Waals surface area contributed by atoms with E-state index in [0.717, 1.165) is 42.3 Å². The van der Waals surface area contributed by atoms with Gasteiger partial charge in [-0.25, -0.2) is 8.42 Å². The summed E-state index contributed by atoms with van der Waals surface area (Å²) in [5.41, 5.74) is -0.353. The van der Waals surface area contributed by atoms with Gasteiger partial charge < -0.3 is 4.74 Å². The molecule has 0 N–H and O–H groups in total. The normalized spacial score (nSPS) is 18.7. The fourth-order valence-electron chi connectivity index (χ4n) is 2.79. The molecule has 0 spiro atoms. The lowest BCUT2D eigenvalue weighted by Crippen LogP contribution is -2.36. The molecule has 1 aromatic carbocycles. The average Bonchev–Trinajstić information content (AvgIpc) is 2.37. The van der Waals surface area contributed by atoms with Crippen molar-refractivity contribution in [3.05, 3.63) is 28.7 Å². The van der Waals surface area contributed by atoms with E-state index >= 15 is 0 Å². The maximum atomic E-state index is 11.5. The molecule has 0 heterocycles. The summed E-state index contributed by atoms with van der Waals surface area (Å²) in [4.78, 5) is 0. The average molecular weight is 382 g/mol. The zero-order valence-electron chi connectivity index (χ0n) is 11.1. The maximum absolute atomic E-state index is 11.5. The molecule has 2 rings (SSSR count). The Morgan fingerprint density at radius 2 is 1.85 bits per heavy atom. The molecule has 0 aromatic heterocycles. The molecular weight excluding hydrogens is 364 g/mol. The summed E-state index contributed by atoms with van der Waals surface area (Å²) in [7, 11) is 1.96. The number of halogens is 2. The number of hydrogen-bond acceptors (Lipinski definition) is 3. The molecule has 1 aliphatic carbocycles. The molecule has 0 saturated heterocycles. The first kappa shape index (κ1) is 16.1. The van der Waals surface area contributed by atoms with Gasteiger partial charge in [0.15, 0.2) is 0 Å². The predicted molar refractivity (Wildman–Crippen MR) is 84.8 cm³/mol. The number of ether oxygens (including phenoxy) is 1. The van der Waals surface area contributed by atoms with E-state index < -0.39 is 9.05 Å². The van der Waals surface area contributed by atoms with Crippen LogP contribution in [0.25, 0.3) is 0 Å². The molecule has 0 radical (unpaired) electrons. The van der Waals surface area contributed by atoms with E-state index in [1.54, 1.807) is 0 Å². The molecule has 0 bridgehead atoms. The summed E-state index contributed by atoms with van der Waals surface area (Å²) in [5.74, 6) is 0.732. The monoisotopic (exact) mass is 380 g/mol. The van der Waals surface area contributed by atoms with Crippen LogP contribution in [0, 0.1) is 5.41 Å². The summed E-state index contributed by atoms with van der Waals surface area (Å²) in [6, 6.07) is 7.58. The van der Waals surface area contributed by atoms with Crippen LogP contribution in [0.5, 0.6) is 5.75 Å². The van der Waals surface area contributed by atoms with Gasteiger partial charge in [0.1, 0.15) is 5.75 Å². The van der Waals surface area contributed by atoms with E-state index in [-0.39, 0.29) is 11.2 Å². The summed E-state index contributed by atoms with van der Waals surface area (Å²) >= 11 is 3.43. The molecule has 3 nitrogen and oxygen atoms in total. The van der Waals surface area contributed by atoms with E-state index in [4.69, 9.17) is 15.4 Å². The Hall–Kier alpha value is -0.260. The fourth-order valence-corrected chi connectivity index (χ4v) is 4.99. The van der Waals surface area contributed by atoms with E-state index in [1.807, 2.05) is 24.3 Å². The highest BCUT2D eigenvalue weighted by atomic mass is 79.9. The number of benzene rings is 1. The molecule has 0 unspecified atom stereocenters. The lowest BCUT2D eigenvalue weighted by atomic mass is 9.76. The molecule has 0 atom stereocenters. The maximum Gasteiger partial charge on any atom is 0.233 e. The van der Waals surface area contributed by atoms with Crippen LogP contribution in [-0.4, -0.2) is 20.8 Å². The smallest absolute Gasteiger partial charge is 0.233 e. The van der Waals surface area contributed by atoms with Crippen molar-refractivity contribution in [2.24, 2.45) is 5.41 Å². The van der Waals surface area contributed by atoms with Crippen molar-refractivity contribution >= 4 is 35.7 Å². The molecule has 6 heteroatoms. The second-order valence-corrected chi connectivity index (χ2v) is 9.09. The summed E-state index contributed by atoms with van der Waals surface area (Å²) in [6.45, 7) is 0.390. The van der Waals surface area contributed by atoms with Gasteiger partial charge in [-0.3, -0.25) is 0 Å². The third-order valence-corrected chi connectivity index (χ3v) is 5.70. The molecule has 20 heavy (non-hydrogen) atoms. The van der Waals surface area contributed by atoms with Gasteiger partial charge in [-0.2, -0.15) is 0 Å². The summed E-state index contributed by atoms with van der Waals surface area (Å²) in [5, 5.41) is 0. The molecule has 112 valence electrons. The predicted octanol–water partition coefficient (Wildman–Crippen LogP) is 4.35. The van der Waals surface area contributed by atoms with Gasteiger partial charge in [-0.1, -0.05) is 31.4 Å². The molecule has 1 saturated carbocycles. The molecule has 1 aliphatic rings. The van der Waals surface area contributed by atoms with Crippen LogP contribution in [-0.2, 0) is 9.05 Å². The second-order valence-electron chi connectivity index (χ2n) is 5.46. The molecule has 0 amide bonds. The summed E-state index contributed by atoms with van der Waals surface area (Å²) < 4.78 is 29.7. The van der Waals surface area contributed by atoms with Gasteiger partial charge in [0.05, 0.1) is 16.8 Å². The Labute approximate surface area is 133 Å². The van der Waals surface area contributed by atoms with Gasteiger partial charge in [0.2, 0.25) is 9.05 Å². The van der Waals surface area contributed by atoms with Gasteiger partial charge >= 0.3 is 0 Å². The molecule has 1 fully saturated rings. The van der Waals surface area contributed by atoms with Crippen LogP contribution in [0.3, 0.4) is 0 Å². The van der Waals surface area contributed by atoms with Gasteiger partial charge in [-0.05, 0) is 40.9 Å². The first-order chi connectivity index (χ1) is 9.40. The van der Waals surface area contributed by atoms with Crippen LogP contribution in [0.15, 0.2) is 28.7 Å². The minimum absolute atomic E-state index is 0.00793. The first-order valence-electron chi connectivity index (χ1n) is 6.70. The van der Waals surface area contributed by atoms with Crippen molar-refractivity contribution in [3.8, 4) is 5.75 Å². The van der Waals surface area contributed by atoms with Crippen LogP contribution in [0.1, 0.15) is 32.1 Å².